The molecule has 0 atom stereocenters. The van der Waals surface area contributed by atoms with Crippen LogP contribution in [0, 0.1) is 0 Å². The minimum absolute atomic E-state index is 0.525. The third-order valence-corrected chi connectivity index (χ3v) is 1.22. The van der Waals surface area contributed by atoms with E-state index in [-0.39, 0.29) is 0 Å². The molecule has 9 heavy (non-hydrogen) atoms. The molecule has 0 aromatic carbocycles. The average Bonchev–Trinajstić information content (AvgIpc) is 2.33. The summed E-state index contributed by atoms with van der Waals surface area (Å²) in [4.78, 5) is 16.8. The highest BCUT2D eigenvalue weighted by atomic mass is 16.1. The summed E-state index contributed by atoms with van der Waals surface area (Å²) in [7, 11) is 0. The van der Waals surface area contributed by atoms with E-state index in [0.29, 0.717) is 5.69 Å². The maximum absolute atomic E-state index is 10.2. The molecule has 0 aliphatic heterocycles. The predicted octanol–water partition coefficient (Wildman–Crippen LogP) is 0.785. The summed E-state index contributed by atoms with van der Waals surface area (Å²) < 4.78 is 0. The van der Waals surface area contributed by atoms with E-state index in [1.54, 1.807) is 0 Å². The summed E-state index contributed by atoms with van der Waals surface area (Å²) in [6, 6.07) is 0. The van der Waals surface area contributed by atoms with Gasteiger partial charge in [0.1, 0.15) is 5.69 Å². The minimum atomic E-state index is 0.525. The molecule has 1 rings (SSSR count). The van der Waals surface area contributed by atoms with Crippen molar-refractivity contribution in [3.63, 3.8) is 0 Å². The van der Waals surface area contributed by atoms with Crippen LogP contribution in [0.2, 0.25) is 0 Å². The number of nitrogens with one attached hydrogen (secondary N) is 1. The van der Waals surface area contributed by atoms with E-state index in [1.807, 2.05) is 6.92 Å². The Labute approximate surface area is 53.1 Å². The smallest absolute Gasteiger partial charge is 0.170 e. The first-order valence-corrected chi connectivity index (χ1v) is 2.86. The Bertz CT molecular complexity index is 205. The number of H-pyrrole nitrogens is 1. The van der Waals surface area contributed by atoms with Crippen LogP contribution in [0.25, 0.3) is 0 Å². The average molecular weight is 124 g/mol. The molecule has 1 N–H and O–H groups in total. The van der Waals surface area contributed by atoms with Crippen LogP contribution in [0.3, 0.4) is 0 Å². The molecule has 0 radical (unpaired) electrons. The van der Waals surface area contributed by atoms with Crippen molar-refractivity contribution in [2.45, 2.75) is 13.3 Å². The number of aromatic amines is 1. The van der Waals surface area contributed by atoms with Gasteiger partial charge in [0.15, 0.2) is 6.29 Å². The third kappa shape index (κ3) is 0.988. The predicted molar refractivity (Wildman–Crippen MR) is 33.4 cm³/mol. The van der Waals surface area contributed by atoms with Crippen molar-refractivity contribution in [3.8, 4) is 0 Å². The molecule has 0 aliphatic rings. The molecule has 0 amide bonds. The van der Waals surface area contributed by atoms with E-state index >= 15 is 0 Å². The van der Waals surface area contributed by atoms with Gasteiger partial charge >= 0.3 is 0 Å². The molecule has 3 nitrogen and oxygen atoms in total. The number of carbonyl (C=O) groups is 1. The van der Waals surface area contributed by atoms with Crippen molar-refractivity contribution in [1.29, 1.82) is 0 Å². The van der Waals surface area contributed by atoms with Gasteiger partial charge in [0.2, 0.25) is 0 Å². The molecule has 1 heterocycles. The highest BCUT2D eigenvalue weighted by Gasteiger charge is 1.98. The monoisotopic (exact) mass is 124 g/mol. The molecule has 3 heteroatoms. The fourth-order valence-corrected chi connectivity index (χ4v) is 0.716. The lowest BCUT2D eigenvalue weighted by atomic mass is 10.3. The molecule has 1 aromatic heterocycles. The van der Waals surface area contributed by atoms with Gasteiger partial charge in [-0.15, -0.1) is 0 Å². The summed E-state index contributed by atoms with van der Waals surface area (Å²) >= 11 is 0. The van der Waals surface area contributed by atoms with Crippen LogP contribution >= 0.6 is 0 Å². The van der Waals surface area contributed by atoms with Gasteiger partial charge in [-0.3, -0.25) is 4.79 Å². The zero-order chi connectivity index (χ0) is 6.69. The summed E-state index contributed by atoms with van der Waals surface area (Å²) in [6.07, 6.45) is 3.12. The molecule has 0 saturated heterocycles. The van der Waals surface area contributed by atoms with Gasteiger partial charge in [0.05, 0.1) is 6.33 Å². The van der Waals surface area contributed by atoms with Gasteiger partial charge < -0.3 is 4.98 Å². The highest BCUT2D eigenvalue weighted by molar-refractivity contribution is 5.73. The maximum Gasteiger partial charge on any atom is 0.170 e. The van der Waals surface area contributed by atoms with Gasteiger partial charge in [-0.1, -0.05) is 6.92 Å². The first-order valence-electron chi connectivity index (χ1n) is 2.86. The molecule has 0 spiro atoms. The Balaban J connectivity index is 2.98. The van der Waals surface area contributed by atoms with Gasteiger partial charge in [-0.2, -0.15) is 0 Å². The first kappa shape index (κ1) is 6.01. The van der Waals surface area contributed by atoms with Gasteiger partial charge in [-0.05, 0) is 6.42 Å². The number of hydrogen-bond donors (Lipinski definition) is 1. The number of aromatic nitrogens is 2. The Morgan fingerprint density at radius 2 is 2.67 bits per heavy atom. The largest absolute Gasteiger partial charge is 0.348 e. The summed E-state index contributed by atoms with van der Waals surface area (Å²) in [6.45, 7) is 1.97. The molecule has 0 saturated carbocycles. The fourth-order valence-electron chi connectivity index (χ4n) is 0.716. The van der Waals surface area contributed by atoms with Crippen LogP contribution in [0.15, 0.2) is 6.33 Å². The molecule has 1 aromatic rings. The summed E-state index contributed by atoms with van der Waals surface area (Å²) in [5.74, 6) is 0. The van der Waals surface area contributed by atoms with E-state index in [9.17, 15) is 4.79 Å². The second-order valence-corrected chi connectivity index (χ2v) is 1.74. The van der Waals surface area contributed by atoms with Crippen molar-refractivity contribution in [3.05, 3.63) is 17.7 Å². The number of imidazole rings is 1. The van der Waals surface area contributed by atoms with Crippen LogP contribution in [0.4, 0.5) is 0 Å². The molecule has 0 bridgehead atoms. The maximum atomic E-state index is 10.2. The Kier molecular flexibility index (Phi) is 1.63. The second-order valence-electron chi connectivity index (χ2n) is 1.74. The van der Waals surface area contributed by atoms with Crippen molar-refractivity contribution < 1.29 is 4.79 Å². The third-order valence-electron chi connectivity index (χ3n) is 1.22. The number of aldehydes is 1. The second kappa shape index (κ2) is 2.44. The number of hydrogen-bond acceptors (Lipinski definition) is 2. The minimum Gasteiger partial charge on any atom is -0.348 e. The van der Waals surface area contributed by atoms with Gasteiger partial charge in [0, 0.05) is 5.69 Å². The summed E-state index contributed by atoms with van der Waals surface area (Å²) in [5.41, 5.74) is 1.43. The van der Waals surface area contributed by atoms with Crippen LogP contribution in [0.5, 0.6) is 0 Å². The fraction of sp³-hybridized carbons (Fsp3) is 0.333. The topological polar surface area (TPSA) is 45.8 Å². The zero-order valence-electron chi connectivity index (χ0n) is 5.22. The van der Waals surface area contributed by atoms with Crippen molar-refractivity contribution in [2.75, 3.05) is 0 Å². The van der Waals surface area contributed by atoms with Crippen LogP contribution in [-0.2, 0) is 6.42 Å². The van der Waals surface area contributed by atoms with Crippen molar-refractivity contribution in [1.82, 2.24) is 9.97 Å². The molecule has 0 fully saturated rings. The number of carbonyl (C=O) groups excluding carboxylic acids is 1. The summed E-state index contributed by atoms with van der Waals surface area (Å²) in [5, 5.41) is 0. The van der Waals surface area contributed by atoms with E-state index < -0.39 is 0 Å². The Morgan fingerprint density at radius 1 is 1.89 bits per heavy atom. The molecular weight excluding hydrogens is 116 g/mol. The first-order chi connectivity index (χ1) is 4.38. The van der Waals surface area contributed by atoms with E-state index in [1.165, 1.54) is 6.33 Å². The normalized spacial score (nSPS) is 9.44. The number of rotatable bonds is 2. The highest BCUT2D eigenvalue weighted by Crippen LogP contribution is 1.98. The SMILES string of the molecule is CCc1[nH]cnc1C=O. The molecular formula is C6H8N2O. The number of nitrogens with zero attached hydrogens (tertiary/aromatic N) is 1. The van der Waals surface area contributed by atoms with Crippen LogP contribution < -0.4 is 0 Å². The quantitative estimate of drug-likeness (QED) is 0.592. The molecule has 0 unspecified atom stereocenters. The van der Waals surface area contributed by atoms with Crippen molar-refractivity contribution >= 4 is 6.29 Å². The van der Waals surface area contributed by atoms with Crippen LogP contribution in [0.1, 0.15) is 23.1 Å². The van der Waals surface area contributed by atoms with E-state index in [4.69, 9.17) is 0 Å². The number of aryl methyl sites for hydroxylation is 1. The van der Waals surface area contributed by atoms with Gasteiger partial charge in [-0.25, -0.2) is 4.98 Å². The lowest BCUT2D eigenvalue weighted by Crippen LogP contribution is -1.87. The van der Waals surface area contributed by atoms with Crippen LogP contribution in [-0.4, -0.2) is 16.3 Å². The zero-order valence-corrected chi connectivity index (χ0v) is 5.22. The lowest BCUT2D eigenvalue weighted by Gasteiger charge is -1.86. The lowest BCUT2D eigenvalue weighted by molar-refractivity contribution is 0.111. The van der Waals surface area contributed by atoms with E-state index in [0.717, 1.165) is 18.4 Å². The van der Waals surface area contributed by atoms with E-state index in [2.05, 4.69) is 9.97 Å². The Morgan fingerprint density at radius 3 is 3.11 bits per heavy atom. The molecule has 0 aliphatic carbocycles. The standard InChI is InChI=1S/C6H8N2O/c1-2-5-6(3-9)8-4-7-5/h3-4H,2H2,1H3,(H,7,8). The van der Waals surface area contributed by atoms with Gasteiger partial charge in [0.25, 0.3) is 0 Å². The molecule has 48 valence electrons. The Hall–Kier alpha value is -1.12. The van der Waals surface area contributed by atoms with Crippen molar-refractivity contribution in [2.24, 2.45) is 0 Å².